The van der Waals surface area contributed by atoms with E-state index in [9.17, 15) is 18.0 Å². The summed E-state index contributed by atoms with van der Waals surface area (Å²) in [5, 5.41) is 8.92. The number of nitrogens with zero attached hydrogens (tertiary/aromatic N) is 2. The summed E-state index contributed by atoms with van der Waals surface area (Å²) in [5.74, 6) is 0.503. The van der Waals surface area contributed by atoms with Gasteiger partial charge in [0, 0.05) is 32.2 Å². The molecule has 0 atom stereocenters. The van der Waals surface area contributed by atoms with Crippen molar-refractivity contribution in [2.24, 2.45) is 4.99 Å². The lowest BCUT2D eigenvalue weighted by Crippen LogP contribution is -2.38. The van der Waals surface area contributed by atoms with E-state index >= 15 is 0 Å². The molecule has 0 aliphatic carbocycles. The van der Waals surface area contributed by atoms with Gasteiger partial charge in [0.15, 0.2) is 5.96 Å². The molecule has 166 valence electrons. The molecule has 1 amide bonds. The largest absolute Gasteiger partial charge is 0.401 e. The molecule has 0 aromatic heterocycles. The zero-order valence-corrected chi connectivity index (χ0v) is 19.4. The number of alkyl halides is 3. The van der Waals surface area contributed by atoms with Gasteiger partial charge in [0.1, 0.15) is 0 Å². The molecule has 0 fully saturated rings. The average molecular weight is 529 g/mol. The molecule has 0 bridgehead atoms. The fourth-order valence-corrected chi connectivity index (χ4v) is 2.60. The SMILES string of the molecule is CCNC(=NCCCN(C)CC(F)(F)F)NCCc1cccc(C(=O)NC)c1.I. The van der Waals surface area contributed by atoms with Crippen LogP contribution in [0.25, 0.3) is 0 Å². The molecule has 1 aromatic carbocycles. The molecule has 1 rings (SSSR count). The molecule has 0 unspecified atom stereocenters. The van der Waals surface area contributed by atoms with Gasteiger partial charge in [0.25, 0.3) is 5.91 Å². The fourth-order valence-electron chi connectivity index (χ4n) is 2.60. The number of guanidine groups is 1. The molecule has 0 saturated heterocycles. The lowest BCUT2D eigenvalue weighted by molar-refractivity contribution is -0.143. The van der Waals surface area contributed by atoms with Crippen molar-refractivity contribution >= 4 is 35.8 Å². The van der Waals surface area contributed by atoms with Crippen LogP contribution in [0.3, 0.4) is 0 Å². The van der Waals surface area contributed by atoms with Crippen LogP contribution < -0.4 is 16.0 Å². The highest BCUT2D eigenvalue weighted by molar-refractivity contribution is 14.0. The zero-order valence-electron chi connectivity index (χ0n) is 17.1. The van der Waals surface area contributed by atoms with E-state index < -0.39 is 12.7 Å². The van der Waals surface area contributed by atoms with Crippen molar-refractivity contribution in [1.82, 2.24) is 20.9 Å². The molecule has 6 nitrogen and oxygen atoms in total. The Kier molecular flexibility index (Phi) is 13.7. The van der Waals surface area contributed by atoms with Gasteiger partial charge in [0.2, 0.25) is 0 Å². The first-order chi connectivity index (χ1) is 13.2. The maximum Gasteiger partial charge on any atom is 0.401 e. The topological polar surface area (TPSA) is 68.8 Å². The molecule has 29 heavy (non-hydrogen) atoms. The Hall–Kier alpha value is -1.56. The summed E-state index contributed by atoms with van der Waals surface area (Å²) in [6.45, 7) is 3.10. The molecule has 0 radical (unpaired) electrons. The summed E-state index contributed by atoms with van der Waals surface area (Å²) >= 11 is 0. The Morgan fingerprint density at radius 2 is 1.97 bits per heavy atom. The Morgan fingerprint density at radius 3 is 2.59 bits per heavy atom. The van der Waals surface area contributed by atoms with Gasteiger partial charge in [-0.15, -0.1) is 24.0 Å². The van der Waals surface area contributed by atoms with E-state index in [4.69, 9.17) is 0 Å². The van der Waals surface area contributed by atoms with E-state index in [1.54, 1.807) is 13.1 Å². The summed E-state index contributed by atoms with van der Waals surface area (Å²) in [5.41, 5.74) is 1.64. The van der Waals surface area contributed by atoms with E-state index in [-0.39, 0.29) is 29.9 Å². The maximum atomic E-state index is 12.3. The molecule has 0 aliphatic heterocycles. The van der Waals surface area contributed by atoms with Crippen LogP contribution in [0.5, 0.6) is 0 Å². The number of halogens is 4. The highest BCUT2D eigenvalue weighted by Gasteiger charge is 2.28. The van der Waals surface area contributed by atoms with E-state index in [0.717, 1.165) is 5.56 Å². The second-order valence-electron chi connectivity index (χ2n) is 6.42. The molecular formula is C19H31F3IN5O. The highest BCUT2D eigenvalue weighted by atomic mass is 127. The van der Waals surface area contributed by atoms with Gasteiger partial charge in [-0.2, -0.15) is 13.2 Å². The minimum atomic E-state index is -4.18. The second-order valence-corrected chi connectivity index (χ2v) is 6.42. The lowest BCUT2D eigenvalue weighted by atomic mass is 10.1. The van der Waals surface area contributed by atoms with Crippen molar-refractivity contribution in [2.45, 2.75) is 25.9 Å². The lowest BCUT2D eigenvalue weighted by Gasteiger charge is -2.18. The normalized spacial score (nSPS) is 11.8. The van der Waals surface area contributed by atoms with Crippen LogP contribution in [-0.4, -0.2) is 69.8 Å². The third-order valence-corrected chi connectivity index (χ3v) is 3.88. The van der Waals surface area contributed by atoms with Crippen LogP contribution in [-0.2, 0) is 6.42 Å². The summed E-state index contributed by atoms with van der Waals surface area (Å²) in [7, 11) is 3.05. The summed E-state index contributed by atoms with van der Waals surface area (Å²) in [6.07, 6.45) is -2.93. The zero-order chi connectivity index (χ0) is 21.0. The fraction of sp³-hybridized carbons (Fsp3) is 0.579. The Bertz CT molecular complexity index is 641. The van der Waals surface area contributed by atoms with Crippen molar-refractivity contribution in [3.05, 3.63) is 35.4 Å². The quantitative estimate of drug-likeness (QED) is 0.189. The van der Waals surface area contributed by atoms with Crippen molar-refractivity contribution in [3.63, 3.8) is 0 Å². The number of aliphatic imine (C=N–C) groups is 1. The van der Waals surface area contributed by atoms with Gasteiger partial charge in [0.05, 0.1) is 6.54 Å². The van der Waals surface area contributed by atoms with E-state index in [1.807, 2.05) is 25.1 Å². The highest BCUT2D eigenvalue weighted by Crippen LogP contribution is 2.15. The predicted molar refractivity (Wildman–Crippen MR) is 121 cm³/mol. The molecule has 3 N–H and O–H groups in total. The van der Waals surface area contributed by atoms with Crippen LogP contribution in [0.1, 0.15) is 29.3 Å². The summed E-state index contributed by atoms with van der Waals surface area (Å²) in [4.78, 5) is 17.3. The number of benzene rings is 1. The first-order valence-electron chi connectivity index (χ1n) is 9.33. The van der Waals surface area contributed by atoms with Gasteiger partial charge < -0.3 is 16.0 Å². The molecule has 0 spiro atoms. The van der Waals surface area contributed by atoms with E-state index in [0.29, 0.717) is 50.5 Å². The van der Waals surface area contributed by atoms with Crippen LogP contribution >= 0.6 is 24.0 Å². The smallest absolute Gasteiger partial charge is 0.357 e. The molecular weight excluding hydrogens is 498 g/mol. The van der Waals surface area contributed by atoms with Crippen LogP contribution in [0.2, 0.25) is 0 Å². The summed E-state index contributed by atoms with van der Waals surface area (Å²) in [6, 6.07) is 7.41. The monoisotopic (exact) mass is 529 g/mol. The Balaban J connectivity index is 0.00000784. The third kappa shape index (κ3) is 12.6. The van der Waals surface area contributed by atoms with Crippen LogP contribution in [0.15, 0.2) is 29.3 Å². The minimum absolute atomic E-state index is 0. The van der Waals surface area contributed by atoms with Crippen molar-refractivity contribution in [1.29, 1.82) is 0 Å². The third-order valence-electron chi connectivity index (χ3n) is 3.88. The number of carbonyl (C=O) groups excluding carboxylic acids is 1. The van der Waals surface area contributed by atoms with Gasteiger partial charge in [-0.05, 0) is 51.1 Å². The first kappa shape index (κ1) is 27.4. The molecule has 0 saturated carbocycles. The maximum absolute atomic E-state index is 12.3. The molecule has 10 heteroatoms. The van der Waals surface area contributed by atoms with Crippen molar-refractivity contribution in [3.8, 4) is 0 Å². The number of carbonyl (C=O) groups is 1. The molecule has 1 aromatic rings. The molecule has 0 heterocycles. The van der Waals surface area contributed by atoms with Crippen molar-refractivity contribution in [2.75, 3.05) is 46.8 Å². The Labute approximate surface area is 187 Å². The van der Waals surface area contributed by atoms with Crippen molar-refractivity contribution < 1.29 is 18.0 Å². The van der Waals surface area contributed by atoms with E-state index in [1.165, 1.54) is 11.9 Å². The van der Waals surface area contributed by atoms with Crippen LogP contribution in [0.4, 0.5) is 13.2 Å². The predicted octanol–water partition coefficient (Wildman–Crippen LogP) is 2.65. The number of nitrogens with one attached hydrogen (secondary N) is 3. The number of hydrogen-bond donors (Lipinski definition) is 3. The van der Waals surface area contributed by atoms with Gasteiger partial charge in [-0.1, -0.05) is 12.1 Å². The van der Waals surface area contributed by atoms with Gasteiger partial charge in [-0.3, -0.25) is 14.7 Å². The standard InChI is InChI=1S/C19H30F3N5O.HI/c1-4-24-18(25-10-6-12-27(3)14-19(20,21)22)26-11-9-15-7-5-8-16(13-15)17(28)23-2;/h5,7-8,13H,4,6,9-12,14H2,1-3H3,(H,23,28)(H2,24,25,26);1H. The number of hydrogen-bond acceptors (Lipinski definition) is 3. The Morgan fingerprint density at radius 1 is 1.24 bits per heavy atom. The minimum Gasteiger partial charge on any atom is -0.357 e. The van der Waals surface area contributed by atoms with Crippen LogP contribution in [0, 0.1) is 0 Å². The van der Waals surface area contributed by atoms with Gasteiger partial charge in [-0.25, -0.2) is 0 Å². The molecule has 0 aliphatic rings. The number of amides is 1. The van der Waals surface area contributed by atoms with E-state index in [2.05, 4.69) is 20.9 Å². The summed E-state index contributed by atoms with van der Waals surface area (Å²) < 4.78 is 36.9. The average Bonchev–Trinajstić information content (AvgIpc) is 2.63. The number of rotatable bonds is 10. The first-order valence-corrected chi connectivity index (χ1v) is 9.33. The second kappa shape index (κ2) is 14.4. The van der Waals surface area contributed by atoms with Gasteiger partial charge >= 0.3 is 6.18 Å².